The predicted octanol–water partition coefficient (Wildman–Crippen LogP) is 4.16. The van der Waals surface area contributed by atoms with E-state index in [0.717, 1.165) is 49.2 Å². The first-order valence-corrected chi connectivity index (χ1v) is 11.2. The average molecular weight is 419 g/mol. The van der Waals surface area contributed by atoms with Crippen LogP contribution in [0.2, 0.25) is 0 Å². The number of fused-ring (bicyclic) bond motifs is 1. The molecule has 2 aromatic rings. The molecular formula is C26H30N2O3. The van der Waals surface area contributed by atoms with Gasteiger partial charge < -0.3 is 5.32 Å². The lowest BCUT2D eigenvalue weighted by molar-refractivity contribution is -0.124. The molecule has 4 rings (SSSR count). The fraction of sp³-hybridized carbons (Fsp3) is 0.423. The molecule has 162 valence electrons. The molecule has 1 N–H and O–H groups in total. The van der Waals surface area contributed by atoms with Crippen LogP contribution in [-0.2, 0) is 21.4 Å². The molecule has 1 unspecified atom stereocenters. The lowest BCUT2D eigenvalue weighted by Crippen LogP contribution is -2.51. The van der Waals surface area contributed by atoms with E-state index >= 15 is 0 Å². The van der Waals surface area contributed by atoms with E-state index in [-0.39, 0.29) is 23.5 Å². The van der Waals surface area contributed by atoms with Gasteiger partial charge in [-0.15, -0.1) is 0 Å². The number of benzene rings is 2. The van der Waals surface area contributed by atoms with E-state index in [2.05, 4.69) is 10.2 Å². The third-order valence-electron chi connectivity index (χ3n) is 7.07. The van der Waals surface area contributed by atoms with Crippen LogP contribution in [0, 0.1) is 0 Å². The van der Waals surface area contributed by atoms with Gasteiger partial charge in [-0.25, -0.2) is 0 Å². The van der Waals surface area contributed by atoms with Gasteiger partial charge in [0.05, 0.1) is 11.5 Å². The fourth-order valence-corrected chi connectivity index (χ4v) is 5.16. The molecule has 0 radical (unpaired) electrons. The second-order valence-electron chi connectivity index (χ2n) is 8.75. The highest BCUT2D eigenvalue weighted by Gasteiger charge is 2.42. The Labute approximate surface area is 183 Å². The summed E-state index contributed by atoms with van der Waals surface area (Å²) in [5, 5.41) is 2.88. The minimum absolute atomic E-state index is 0.0266. The molecule has 5 nitrogen and oxygen atoms in total. The van der Waals surface area contributed by atoms with Crippen LogP contribution in [0.4, 0.5) is 5.69 Å². The Balaban J connectivity index is 1.51. The summed E-state index contributed by atoms with van der Waals surface area (Å²) in [4.78, 5) is 39.9. The highest BCUT2D eigenvalue weighted by Crippen LogP contribution is 2.37. The average Bonchev–Trinajstić information content (AvgIpc) is 2.80. The zero-order valence-electron chi connectivity index (χ0n) is 18.3. The monoisotopic (exact) mass is 418 g/mol. The number of piperidine rings is 1. The minimum atomic E-state index is -0.455. The summed E-state index contributed by atoms with van der Waals surface area (Å²) in [7, 11) is 0. The Morgan fingerprint density at radius 1 is 1.06 bits per heavy atom. The number of hydrogen-bond acceptors (Lipinski definition) is 4. The molecule has 0 saturated carbocycles. The maximum atomic E-state index is 13.4. The summed E-state index contributed by atoms with van der Waals surface area (Å²) in [6.07, 6.45) is 3.31. The van der Waals surface area contributed by atoms with E-state index in [0.29, 0.717) is 18.4 Å². The van der Waals surface area contributed by atoms with Crippen molar-refractivity contribution in [3.63, 3.8) is 0 Å². The zero-order valence-corrected chi connectivity index (χ0v) is 18.3. The van der Waals surface area contributed by atoms with Crippen molar-refractivity contribution in [2.45, 2.75) is 57.4 Å². The first-order valence-electron chi connectivity index (χ1n) is 11.2. The number of anilines is 1. The quantitative estimate of drug-likeness (QED) is 0.716. The topological polar surface area (TPSA) is 66.5 Å². The highest BCUT2D eigenvalue weighted by molar-refractivity contribution is 6.02. The molecule has 5 heteroatoms. The van der Waals surface area contributed by atoms with Crippen LogP contribution in [0.5, 0.6) is 0 Å². The number of rotatable bonds is 6. The predicted molar refractivity (Wildman–Crippen MR) is 121 cm³/mol. The lowest BCUT2D eigenvalue weighted by atomic mass is 9.70. The lowest BCUT2D eigenvalue weighted by Gasteiger charge is -2.43. The van der Waals surface area contributed by atoms with Crippen molar-refractivity contribution in [1.82, 2.24) is 4.90 Å². The van der Waals surface area contributed by atoms with E-state index in [4.69, 9.17) is 0 Å². The molecule has 1 atom stereocenters. The number of hydrogen-bond donors (Lipinski definition) is 1. The second-order valence-corrected chi connectivity index (χ2v) is 8.75. The van der Waals surface area contributed by atoms with Gasteiger partial charge in [-0.2, -0.15) is 0 Å². The molecule has 0 aromatic heterocycles. The van der Waals surface area contributed by atoms with E-state index in [1.165, 1.54) is 0 Å². The van der Waals surface area contributed by atoms with Gasteiger partial charge in [-0.1, -0.05) is 37.3 Å². The van der Waals surface area contributed by atoms with Crippen LogP contribution in [-0.4, -0.2) is 41.5 Å². The van der Waals surface area contributed by atoms with Gasteiger partial charge >= 0.3 is 0 Å². The first-order chi connectivity index (χ1) is 14.9. The second kappa shape index (κ2) is 8.75. The normalized spacial score (nSPS) is 19.2. The molecular weight excluding hydrogens is 388 g/mol. The van der Waals surface area contributed by atoms with Crippen molar-refractivity contribution in [2.24, 2.45) is 0 Å². The van der Waals surface area contributed by atoms with Gasteiger partial charge in [0.15, 0.2) is 5.78 Å². The number of amides is 1. The van der Waals surface area contributed by atoms with Crippen LogP contribution in [0.1, 0.15) is 61.0 Å². The number of aryl methyl sites for hydroxylation is 1. The van der Waals surface area contributed by atoms with E-state index in [1.54, 1.807) is 6.92 Å². The molecule has 2 aliphatic rings. The summed E-state index contributed by atoms with van der Waals surface area (Å²) < 4.78 is 0. The standard InChI is InChI=1S/C26H30N2O3/c1-3-23(25(31)20-9-11-22-19(17-20)10-12-24(30)27-22)28-15-13-26(14-16-28,18(2)29)21-7-5-4-6-8-21/h4-9,11,17,23H,3,10,12-16H2,1-2H3,(H,27,30). The van der Waals surface area contributed by atoms with Crippen molar-refractivity contribution in [2.75, 3.05) is 18.4 Å². The Bertz CT molecular complexity index is 991. The molecule has 2 heterocycles. The van der Waals surface area contributed by atoms with Crippen LogP contribution >= 0.6 is 0 Å². The van der Waals surface area contributed by atoms with Crippen LogP contribution in [0.3, 0.4) is 0 Å². The summed E-state index contributed by atoms with van der Waals surface area (Å²) in [6, 6.07) is 15.5. The number of likely N-dealkylation sites (tertiary alicyclic amines) is 1. The Hall–Kier alpha value is -2.79. The van der Waals surface area contributed by atoms with E-state index in [9.17, 15) is 14.4 Å². The van der Waals surface area contributed by atoms with Gasteiger partial charge in [0, 0.05) is 30.8 Å². The van der Waals surface area contributed by atoms with Gasteiger partial charge in [0.1, 0.15) is 5.78 Å². The molecule has 1 amide bonds. The number of carbonyl (C=O) groups excluding carboxylic acids is 3. The fourth-order valence-electron chi connectivity index (χ4n) is 5.16. The van der Waals surface area contributed by atoms with E-state index in [1.807, 2.05) is 55.5 Å². The highest BCUT2D eigenvalue weighted by atomic mass is 16.2. The number of ketones is 2. The van der Waals surface area contributed by atoms with Crippen molar-refractivity contribution >= 4 is 23.2 Å². The Morgan fingerprint density at radius 3 is 2.42 bits per heavy atom. The summed E-state index contributed by atoms with van der Waals surface area (Å²) in [5.41, 5.74) is 3.17. The first kappa shape index (κ1) is 21.4. The van der Waals surface area contributed by atoms with Gasteiger partial charge in [-0.3, -0.25) is 19.3 Å². The molecule has 1 fully saturated rings. The maximum Gasteiger partial charge on any atom is 0.224 e. The number of nitrogens with one attached hydrogen (secondary N) is 1. The number of nitrogens with zero attached hydrogens (tertiary/aromatic N) is 1. The van der Waals surface area contributed by atoms with Crippen LogP contribution in [0.15, 0.2) is 48.5 Å². The molecule has 0 bridgehead atoms. The van der Waals surface area contributed by atoms with Crippen molar-refractivity contribution < 1.29 is 14.4 Å². The minimum Gasteiger partial charge on any atom is -0.326 e. The molecule has 0 spiro atoms. The van der Waals surface area contributed by atoms with Gasteiger partial charge in [0.25, 0.3) is 0 Å². The summed E-state index contributed by atoms with van der Waals surface area (Å²) >= 11 is 0. The number of Topliss-reactive ketones (excluding diaryl/α,β-unsaturated/α-hetero) is 2. The molecule has 2 aromatic carbocycles. The van der Waals surface area contributed by atoms with Crippen molar-refractivity contribution in [1.29, 1.82) is 0 Å². The maximum absolute atomic E-state index is 13.4. The Kier molecular flexibility index (Phi) is 6.05. The third-order valence-corrected chi connectivity index (χ3v) is 7.07. The molecule has 0 aliphatic carbocycles. The Morgan fingerprint density at radius 2 is 1.77 bits per heavy atom. The zero-order chi connectivity index (χ0) is 22.0. The number of carbonyl (C=O) groups is 3. The van der Waals surface area contributed by atoms with Crippen molar-refractivity contribution in [3.05, 3.63) is 65.2 Å². The SMILES string of the molecule is CCC(C(=O)c1ccc2c(c1)CCC(=O)N2)N1CCC(C(C)=O)(c2ccccc2)CC1. The van der Waals surface area contributed by atoms with E-state index < -0.39 is 5.41 Å². The smallest absolute Gasteiger partial charge is 0.224 e. The molecule has 2 aliphatic heterocycles. The summed E-state index contributed by atoms with van der Waals surface area (Å²) in [6.45, 7) is 5.18. The van der Waals surface area contributed by atoms with Crippen LogP contribution in [0.25, 0.3) is 0 Å². The van der Waals surface area contributed by atoms with Gasteiger partial charge in [0.2, 0.25) is 5.91 Å². The van der Waals surface area contributed by atoms with Gasteiger partial charge in [-0.05, 0) is 61.9 Å². The molecule has 31 heavy (non-hydrogen) atoms. The summed E-state index contributed by atoms with van der Waals surface area (Å²) in [5.74, 6) is 0.352. The molecule has 1 saturated heterocycles. The van der Waals surface area contributed by atoms with Crippen LogP contribution < -0.4 is 5.32 Å². The third kappa shape index (κ3) is 4.07. The largest absolute Gasteiger partial charge is 0.326 e. The van der Waals surface area contributed by atoms with Crippen molar-refractivity contribution in [3.8, 4) is 0 Å².